The first-order valence-electron chi connectivity index (χ1n) is 8.33. The van der Waals surface area contributed by atoms with Crippen LogP contribution in [0.3, 0.4) is 0 Å². The number of ether oxygens (including phenoxy) is 2. The predicted molar refractivity (Wildman–Crippen MR) is 101 cm³/mol. The monoisotopic (exact) mass is 346 g/mol. The van der Waals surface area contributed by atoms with Crippen molar-refractivity contribution in [2.45, 2.75) is 6.10 Å². The van der Waals surface area contributed by atoms with E-state index in [1.165, 1.54) is 0 Å². The van der Waals surface area contributed by atoms with Crippen LogP contribution < -0.4 is 20.3 Å². The van der Waals surface area contributed by atoms with Crippen LogP contribution in [-0.4, -0.2) is 18.6 Å². The lowest BCUT2D eigenvalue weighted by atomic mass is 10.1. The van der Waals surface area contributed by atoms with Crippen molar-refractivity contribution < 1.29 is 14.3 Å². The maximum atomic E-state index is 12.3. The fourth-order valence-corrected chi connectivity index (χ4v) is 2.82. The number of rotatable bonds is 4. The van der Waals surface area contributed by atoms with Crippen molar-refractivity contribution in [1.29, 1.82) is 0 Å². The zero-order valence-corrected chi connectivity index (χ0v) is 14.1. The average Bonchev–Trinajstić information content (AvgIpc) is 2.71. The minimum Gasteiger partial charge on any atom is -0.485 e. The number of hydrazine groups is 1. The van der Waals surface area contributed by atoms with E-state index in [2.05, 4.69) is 23.5 Å². The molecule has 0 saturated heterocycles. The minimum absolute atomic E-state index is 0.160. The Morgan fingerprint density at radius 1 is 0.923 bits per heavy atom. The molecule has 0 radical (unpaired) electrons. The van der Waals surface area contributed by atoms with Crippen molar-refractivity contribution in [3.8, 4) is 11.5 Å². The molecule has 1 unspecified atom stereocenters. The fourth-order valence-electron chi connectivity index (χ4n) is 2.82. The second kappa shape index (κ2) is 6.80. The summed E-state index contributed by atoms with van der Waals surface area (Å²) in [5.41, 5.74) is 6.99. The van der Waals surface area contributed by atoms with E-state index in [4.69, 9.17) is 9.47 Å². The molecule has 0 fully saturated rings. The van der Waals surface area contributed by atoms with Crippen LogP contribution in [0, 0.1) is 0 Å². The van der Waals surface area contributed by atoms with Crippen molar-refractivity contribution in [1.82, 2.24) is 10.9 Å². The van der Waals surface area contributed by atoms with Crippen molar-refractivity contribution in [2.75, 3.05) is 6.61 Å². The maximum Gasteiger partial charge on any atom is 0.282 e. The van der Waals surface area contributed by atoms with E-state index < -0.39 is 6.10 Å². The zero-order chi connectivity index (χ0) is 17.9. The molecule has 3 aromatic carbocycles. The van der Waals surface area contributed by atoms with Crippen molar-refractivity contribution in [2.24, 2.45) is 0 Å². The van der Waals surface area contributed by atoms with Crippen LogP contribution in [0.1, 0.15) is 5.56 Å². The van der Waals surface area contributed by atoms with E-state index in [-0.39, 0.29) is 12.5 Å². The summed E-state index contributed by atoms with van der Waals surface area (Å²) < 4.78 is 11.2. The first-order valence-corrected chi connectivity index (χ1v) is 8.33. The molecule has 0 aromatic heterocycles. The van der Waals surface area contributed by atoms with Gasteiger partial charge in [0.25, 0.3) is 5.91 Å². The standard InChI is InChI=1S/C21H18N2O3/c1-14(16-11-10-15-6-2-3-7-17(15)12-16)22-23-21(24)20-13-25-18-8-4-5-9-19(18)26-20/h2-12,20,22H,1,13H2,(H,23,24). The maximum absolute atomic E-state index is 12.3. The van der Waals surface area contributed by atoms with Gasteiger partial charge in [-0.25, -0.2) is 0 Å². The summed E-state index contributed by atoms with van der Waals surface area (Å²) >= 11 is 0. The third kappa shape index (κ3) is 3.19. The van der Waals surface area contributed by atoms with Gasteiger partial charge in [0.2, 0.25) is 6.10 Å². The summed E-state index contributed by atoms with van der Waals surface area (Å²) in [7, 11) is 0. The molecule has 2 N–H and O–H groups in total. The lowest BCUT2D eigenvalue weighted by molar-refractivity contribution is -0.131. The third-order valence-electron chi connectivity index (χ3n) is 4.24. The van der Waals surface area contributed by atoms with E-state index in [1.54, 1.807) is 6.07 Å². The number of hydrogen-bond donors (Lipinski definition) is 2. The van der Waals surface area contributed by atoms with Gasteiger partial charge in [-0.1, -0.05) is 55.1 Å². The third-order valence-corrected chi connectivity index (χ3v) is 4.24. The van der Waals surface area contributed by atoms with E-state index in [0.717, 1.165) is 16.3 Å². The number of fused-ring (bicyclic) bond motifs is 2. The molecule has 3 aromatic rings. The quantitative estimate of drug-likeness (QED) is 0.712. The van der Waals surface area contributed by atoms with Crippen LogP contribution in [0.25, 0.3) is 16.5 Å². The molecule has 1 amide bonds. The molecule has 1 aliphatic heterocycles. The van der Waals surface area contributed by atoms with Crippen LogP contribution in [0.15, 0.2) is 73.3 Å². The number of hydrogen-bond acceptors (Lipinski definition) is 4. The Kier molecular flexibility index (Phi) is 4.19. The molecular weight excluding hydrogens is 328 g/mol. The summed E-state index contributed by atoms with van der Waals surface area (Å²) in [6.45, 7) is 4.15. The van der Waals surface area contributed by atoms with Gasteiger partial charge in [-0.15, -0.1) is 0 Å². The first kappa shape index (κ1) is 16.0. The van der Waals surface area contributed by atoms with Crippen molar-refractivity contribution in [3.63, 3.8) is 0 Å². The molecule has 1 atom stereocenters. The number of amides is 1. The normalized spacial score (nSPS) is 15.3. The van der Waals surface area contributed by atoms with Crippen LogP contribution in [0.5, 0.6) is 11.5 Å². The van der Waals surface area contributed by atoms with Crippen molar-refractivity contribution >= 4 is 22.4 Å². The van der Waals surface area contributed by atoms with Crippen molar-refractivity contribution in [3.05, 3.63) is 78.9 Å². The van der Waals surface area contributed by atoms with Gasteiger partial charge in [0.05, 0.1) is 5.70 Å². The molecule has 130 valence electrons. The first-order chi connectivity index (χ1) is 12.7. The zero-order valence-electron chi connectivity index (χ0n) is 14.1. The summed E-state index contributed by atoms with van der Waals surface area (Å²) in [5.74, 6) is 0.888. The lowest BCUT2D eigenvalue weighted by Crippen LogP contribution is -2.48. The Balaban J connectivity index is 1.38. The van der Waals surface area contributed by atoms with Gasteiger partial charge in [0.1, 0.15) is 6.61 Å². The van der Waals surface area contributed by atoms with Gasteiger partial charge in [-0.2, -0.15) is 0 Å². The lowest BCUT2D eigenvalue weighted by Gasteiger charge is -2.25. The van der Waals surface area contributed by atoms with Gasteiger partial charge < -0.3 is 9.47 Å². The number of carbonyl (C=O) groups excluding carboxylic acids is 1. The molecule has 5 nitrogen and oxygen atoms in total. The Bertz CT molecular complexity index is 984. The van der Waals surface area contributed by atoms with E-state index in [0.29, 0.717) is 17.2 Å². The molecule has 1 aliphatic rings. The summed E-state index contributed by atoms with van der Waals surface area (Å²) in [6.07, 6.45) is -0.721. The smallest absolute Gasteiger partial charge is 0.282 e. The van der Waals surface area contributed by atoms with Gasteiger partial charge in [-0.05, 0) is 34.5 Å². The molecule has 5 heteroatoms. The highest BCUT2D eigenvalue weighted by molar-refractivity contribution is 5.86. The van der Waals surface area contributed by atoms with E-state index in [1.807, 2.05) is 54.6 Å². The molecule has 1 heterocycles. The second-order valence-corrected chi connectivity index (χ2v) is 6.02. The SMILES string of the molecule is C=C(NNC(=O)C1COc2ccccc2O1)c1ccc2ccccc2c1. The number of para-hydroxylation sites is 2. The van der Waals surface area contributed by atoms with Gasteiger partial charge >= 0.3 is 0 Å². The largest absolute Gasteiger partial charge is 0.485 e. The number of benzene rings is 3. The van der Waals surface area contributed by atoms with E-state index >= 15 is 0 Å². The molecule has 26 heavy (non-hydrogen) atoms. The fraction of sp³-hybridized carbons (Fsp3) is 0.0952. The van der Waals surface area contributed by atoms with E-state index in [9.17, 15) is 4.79 Å². The highest BCUT2D eigenvalue weighted by atomic mass is 16.6. The number of carbonyl (C=O) groups is 1. The summed E-state index contributed by atoms with van der Waals surface area (Å²) in [4.78, 5) is 12.3. The average molecular weight is 346 g/mol. The minimum atomic E-state index is -0.721. The summed E-state index contributed by atoms with van der Waals surface area (Å²) in [6, 6.07) is 21.4. The van der Waals surface area contributed by atoms with Gasteiger partial charge in [0.15, 0.2) is 11.5 Å². The van der Waals surface area contributed by atoms with Crippen LogP contribution in [-0.2, 0) is 4.79 Å². The highest BCUT2D eigenvalue weighted by Gasteiger charge is 2.27. The highest BCUT2D eigenvalue weighted by Crippen LogP contribution is 2.30. The van der Waals surface area contributed by atoms with Gasteiger partial charge in [0, 0.05) is 0 Å². The predicted octanol–water partition coefficient (Wildman–Crippen LogP) is 3.27. The molecule has 0 spiro atoms. The molecule has 0 aliphatic carbocycles. The molecule has 0 saturated carbocycles. The topological polar surface area (TPSA) is 59.6 Å². The Labute approximate surface area is 151 Å². The molecular formula is C21H18N2O3. The van der Waals surface area contributed by atoms with Crippen LogP contribution >= 0.6 is 0 Å². The Morgan fingerprint density at radius 3 is 2.50 bits per heavy atom. The molecule has 0 bridgehead atoms. The Morgan fingerprint density at radius 2 is 1.65 bits per heavy atom. The van der Waals surface area contributed by atoms with Crippen LogP contribution in [0.4, 0.5) is 0 Å². The number of nitrogens with one attached hydrogen (secondary N) is 2. The molecule has 4 rings (SSSR count). The van der Waals surface area contributed by atoms with Crippen LogP contribution in [0.2, 0.25) is 0 Å². The second-order valence-electron chi connectivity index (χ2n) is 6.02. The summed E-state index contributed by atoms with van der Waals surface area (Å²) in [5, 5.41) is 2.26. The van der Waals surface area contributed by atoms with Gasteiger partial charge in [-0.3, -0.25) is 15.6 Å². The Hall–Kier alpha value is -3.47.